The molecule has 5 nitrogen and oxygen atoms in total. The first-order chi connectivity index (χ1) is 14.1. The molecule has 152 valence electrons. The lowest BCUT2D eigenvalue weighted by Crippen LogP contribution is -2.40. The highest BCUT2D eigenvalue weighted by molar-refractivity contribution is 6.03. The molecular weight excluding hydrogens is 362 g/mol. The minimum Gasteiger partial charge on any atom is -0.497 e. The third-order valence-corrected chi connectivity index (χ3v) is 5.82. The first-order valence-corrected chi connectivity index (χ1v) is 10.5. The lowest BCUT2D eigenvalue weighted by atomic mass is 9.97. The summed E-state index contributed by atoms with van der Waals surface area (Å²) >= 11 is 0. The number of likely N-dealkylation sites (tertiary alicyclic amines) is 1. The second kappa shape index (κ2) is 8.78. The Morgan fingerprint density at radius 1 is 1.10 bits per heavy atom. The number of amides is 1. The summed E-state index contributed by atoms with van der Waals surface area (Å²) in [5.41, 5.74) is 4.33. The number of methoxy groups -OCH3 is 1. The number of ether oxygens (including phenoxy) is 1. The van der Waals surface area contributed by atoms with Crippen molar-refractivity contribution < 1.29 is 9.53 Å². The van der Waals surface area contributed by atoms with Crippen molar-refractivity contribution in [3.63, 3.8) is 0 Å². The average molecular weight is 392 g/mol. The quantitative estimate of drug-likeness (QED) is 0.769. The summed E-state index contributed by atoms with van der Waals surface area (Å²) in [6.45, 7) is 4.54. The van der Waals surface area contributed by atoms with Crippen LogP contribution in [0.3, 0.4) is 0 Å². The lowest BCUT2D eigenvalue weighted by molar-refractivity contribution is -0.134. The summed E-state index contributed by atoms with van der Waals surface area (Å²) in [6.07, 6.45) is 4.34. The standard InChI is InChI=1S/C24H29N3O2/c1-18-7-6-8-20(15-18)23-16-22(19-9-11-21(29-2)12-10-19)25-27(23)24(28)17-26-13-4-3-5-14-26/h6-12,15,23H,3-5,13-14,16-17H2,1-2H3/t23-/m1/s1. The van der Waals surface area contributed by atoms with Gasteiger partial charge in [-0.05, 0) is 68.2 Å². The van der Waals surface area contributed by atoms with Crippen molar-refractivity contribution in [3.05, 3.63) is 65.2 Å². The second-order valence-corrected chi connectivity index (χ2v) is 7.98. The Morgan fingerprint density at radius 3 is 2.55 bits per heavy atom. The number of carbonyl (C=O) groups is 1. The van der Waals surface area contributed by atoms with Crippen molar-refractivity contribution in [1.29, 1.82) is 0 Å². The van der Waals surface area contributed by atoms with Crippen LogP contribution < -0.4 is 4.74 Å². The fourth-order valence-electron chi connectivity index (χ4n) is 4.22. The first kappa shape index (κ1) is 19.6. The Morgan fingerprint density at radius 2 is 1.86 bits per heavy atom. The van der Waals surface area contributed by atoms with E-state index in [1.165, 1.54) is 24.8 Å². The maximum atomic E-state index is 13.2. The topological polar surface area (TPSA) is 45.1 Å². The van der Waals surface area contributed by atoms with Crippen molar-refractivity contribution in [2.75, 3.05) is 26.7 Å². The predicted molar refractivity (Wildman–Crippen MR) is 115 cm³/mol. The largest absolute Gasteiger partial charge is 0.497 e. The van der Waals surface area contributed by atoms with Crippen LogP contribution in [0.25, 0.3) is 0 Å². The SMILES string of the molecule is COc1ccc(C2=NN(C(=O)CN3CCCCC3)[C@@H](c3cccc(C)c3)C2)cc1. The van der Waals surface area contributed by atoms with Crippen molar-refractivity contribution in [3.8, 4) is 5.75 Å². The van der Waals surface area contributed by atoms with Crippen LogP contribution in [0.1, 0.15) is 48.4 Å². The second-order valence-electron chi connectivity index (χ2n) is 7.98. The predicted octanol–water partition coefficient (Wildman–Crippen LogP) is 4.17. The smallest absolute Gasteiger partial charge is 0.257 e. The van der Waals surface area contributed by atoms with Crippen LogP contribution >= 0.6 is 0 Å². The highest BCUT2D eigenvalue weighted by atomic mass is 16.5. The highest BCUT2D eigenvalue weighted by Gasteiger charge is 2.33. The van der Waals surface area contributed by atoms with Gasteiger partial charge >= 0.3 is 0 Å². The summed E-state index contributed by atoms with van der Waals surface area (Å²) < 4.78 is 5.27. The van der Waals surface area contributed by atoms with Gasteiger partial charge in [0.1, 0.15) is 5.75 Å². The van der Waals surface area contributed by atoms with E-state index in [1.807, 2.05) is 24.3 Å². The molecule has 4 rings (SSSR count). The van der Waals surface area contributed by atoms with Gasteiger partial charge in [0.2, 0.25) is 0 Å². The molecular formula is C24H29N3O2. The number of nitrogens with zero attached hydrogens (tertiary/aromatic N) is 3. The van der Waals surface area contributed by atoms with E-state index in [0.717, 1.165) is 42.1 Å². The number of aryl methyl sites for hydroxylation is 1. The number of hydrogen-bond acceptors (Lipinski definition) is 4. The molecule has 1 saturated heterocycles. The Hall–Kier alpha value is -2.66. The number of rotatable bonds is 5. The summed E-state index contributed by atoms with van der Waals surface area (Å²) in [4.78, 5) is 15.5. The van der Waals surface area contributed by atoms with Gasteiger partial charge in [0.15, 0.2) is 0 Å². The molecule has 5 heteroatoms. The van der Waals surface area contributed by atoms with Gasteiger partial charge in [0.05, 0.1) is 25.4 Å². The summed E-state index contributed by atoms with van der Waals surface area (Å²) in [5, 5.41) is 6.52. The molecule has 0 aliphatic carbocycles. The lowest BCUT2D eigenvalue weighted by Gasteiger charge is -2.29. The molecule has 0 unspecified atom stereocenters. The number of hydrogen-bond donors (Lipinski definition) is 0. The Labute approximate surface area is 173 Å². The van der Waals surface area contributed by atoms with E-state index in [4.69, 9.17) is 9.84 Å². The van der Waals surface area contributed by atoms with E-state index in [1.54, 1.807) is 12.1 Å². The van der Waals surface area contributed by atoms with E-state index in [2.05, 4.69) is 36.1 Å². The van der Waals surface area contributed by atoms with Crippen LogP contribution in [0.4, 0.5) is 0 Å². The molecule has 0 bridgehead atoms. The molecule has 2 aromatic carbocycles. The Balaban J connectivity index is 1.60. The molecule has 0 radical (unpaired) electrons. The minimum atomic E-state index is -0.0516. The van der Waals surface area contributed by atoms with Crippen LogP contribution in [-0.2, 0) is 4.79 Å². The molecule has 1 atom stereocenters. The molecule has 0 saturated carbocycles. The van der Waals surface area contributed by atoms with Crippen LogP contribution in [0.2, 0.25) is 0 Å². The number of benzene rings is 2. The molecule has 2 aliphatic rings. The molecule has 0 aromatic heterocycles. The van der Waals surface area contributed by atoms with Gasteiger partial charge in [-0.1, -0.05) is 36.2 Å². The molecule has 2 heterocycles. The normalized spacial score (nSPS) is 19.9. The zero-order chi connectivity index (χ0) is 20.2. The first-order valence-electron chi connectivity index (χ1n) is 10.5. The van der Waals surface area contributed by atoms with Gasteiger partial charge in [-0.15, -0.1) is 0 Å². The zero-order valence-corrected chi connectivity index (χ0v) is 17.3. The van der Waals surface area contributed by atoms with Crippen molar-refractivity contribution in [2.24, 2.45) is 5.10 Å². The maximum absolute atomic E-state index is 13.2. The Bertz CT molecular complexity index is 885. The van der Waals surface area contributed by atoms with E-state index < -0.39 is 0 Å². The molecule has 0 N–H and O–H groups in total. The van der Waals surface area contributed by atoms with Crippen LogP contribution in [0.5, 0.6) is 5.75 Å². The third kappa shape index (κ3) is 4.51. The van der Waals surface area contributed by atoms with Gasteiger partial charge in [0, 0.05) is 6.42 Å². The van der Waals surface area contributed by atoms with Crippen molar-refractivity contribution in [2.45, 2.75) is 38.6 Å². The van der Waals surface area contributed by atoms with Gasteiger partial charge < -0.3 is 4.74 Å². The summed E-state index contributed by atoms with van der Waals surface area (Å²) in [5.74, 6) is 0.905. The van der Waals surface area contributed by atoms with Crippen molar-refractivity contribution >= 4 is 11.6 Å². The van der Waals surface area contributed by atoms with Gasteiger partial charge in [-0.25, -0.2) is 5.01 Å². The Kier molecular flexibility index (Phi) is 5.95. The van der Waals surface area contributed by atoms with Crippen molar-refractivity contribution in [1.82, 2.24) is 9.91 Å². The number of carbonyl (C=O) groups excluding carboxylic acids is 1. The summed E-state index contributed by atoms with van der Waals surface area (Å²) in [6, 6.07) is 16.3. The fraction of sp³-hybridized carbons (Fsp3) is 0.417. The van der Waals surface area contributed by atoms with Gasteiger partial charge in [0.25, 0.3) is 5.91 Å². The van der Waals surface area contributed by atoms with E-state index in [-0.39, 0.29) is 11.9 Å². The maximum Gasteiger partial charge on any atom is 0.257 e. The minimum absolute atomic E-state index is 0.0516. The van der Waals surface area contributed by atoms with Gasteiger partial charge in [-0.2, -0.15) is 5.10 Å². The van der Waals surface area contributed by atoms with E-state index >= 15 is 0 Å². The highest BCUT2D eigenvalue weighted by Crippen LogP contribution is 2.33. The van der Waals surface area contributed by atoms with Crippen LogP contribution in [0, 0.1) is 6.92 Å². The average Bonchev–Trinajstić information content (AvgIpc) is 3.20. The molecule has 29 heavy (non-hydrogen) atoms. The summed E-state index contributed by atoms with van der Waals surface area (Å²) in [7, 11) is 1.66. The molecule has 1 amide bonds. The molecule has 0 spiro atoms. The third-order valence-electron chi connectivity index (χ3n) is 5.82. The van der Waals surface area contributed by atoms with Crippen LogP contribution in [0.15, 0.2) is 53.6 Å². The molecule has 1 fully saturated rings. The zero-order valence-electron chi connectivity index (χ0n) is 17.3. The monoisotopic (exact) mass is 391 g/mol. The number of piperidine rings is 1. The molecule has 2 aromatic rings. The number of hydrazone groups is 1. The van der Waals surface area contributed by atoms with Gasteiger partial charge in [-0.3, -0.25) is 9.69 Å². The van der Waals surface area contributed by atoms with E-state index in [9.17, 15) is 4.79 Å². The van der Waals surface area contributed by atoms with E-state index in [0.29, 0.717) is 6.54 Å². The fourth-order valence-corrected chi connectivity index (χ4v) is 4.22. The molecule has 2 aliphatic heterocycles. The van der Waals surface area contributed by atoms with Crippen LogP contribution in [-0.4, -0.2) is 48.3 Å².